The summed E-state index contributed by atoms with van der Waals surface area (Å²) in [6.07, 6.45) is 0. The van der Waals surface area contributed by atoms with E-state index in [4.69, 9.17) is 5.11 Å². The van der Waals surface area contributed by atoms with Gasteiger partial charge in [0.2, 0.25) is 10.0 Å². The van der Waals surface area contributed by atoms with E-state index >= 15 is 0 Å². The highest BCUT2D eigenvalue weighted by molar-refractivity contribution is 9.10. The molecule has 0 fully saturated rings. The number of aliphatic hydroxyl groups is 1. The van der Waals surface area contributed by atoms with Crippen molar-refractivity contribution >= 4 is 31.6 Å². The van der Waals surface area contributed by atoms with Crippen LogP contribution in [0.1, 0.15) is 0 Å². The van der Waals surface area contributed by atoms with E-state index in [0.29, 0.717) is 4.47 Å². The minimum absolute atomic E-state index is 0.202. The van der Waals surface area contributed by atoms with Gasteiger partial charge in [-0.25, -0.2) is 13.1 Å². The highest BCUT2D eigenvalue weighted by Crippen LogP contribution is 2.26. The Balaban J connectivity index is 3.28. The fourth-order valence-electron chi connectivity index (χ4n) is 1.11. The molecule has 9 heteroatoms. The van der Waals surface area contributed by atoms with Crippen LogP contribution in [-0.2, 0) is 10.0 Å². The van der Waals surface area contributed by atoms with Crippen LogP contribution in [0.15, 0.2) is 27.6 Å². The molecular formula is C8H9BrN2O5S. The highest BCUT2D eigenvalue weighted by atomic mass is 79.9. The van der Waals surface area contributed by atoms with E-state index in [2.05, 4.69) is 15.9 Å². The molecule has 17 heavy (non-hydrogen) atoms. The second-order valence-corrected chi connectivity index (χ2v) is 5.64. The first-order valence-corrected chi connectivity index (χ1v) is 6.70. The number of rotatable bonds is 5. The zero-order valence-electron chi connectivity index (χ0n) is 8.46. The molecule has 0 saturated carbocycles. The number of halogens is 1. The average Bonchev–Trinajstić information content (AvgIpc) is 2.26. The molecule has 0 heterocycles. The normalized spacial score (nSPS) is 11.4. The number of sulfonamides is 1. The molecule has 1 aromatic rings. The molecule has 1 rings (SSSR count). The minimum atomic E-state index is -4.00. The van der Waals surface area contributed by atoms with Crippen LogP contribution in [0.25, 0.3) is 0 Å². The molecule has 0 radical (unpaired) electrons. The molecule has 0 aliphatic heterocycles. The van der Waals surface area contributed by atoms with E-state index in [1.165, 1.54) is 6.07 Å². The summed E-state index contributed by atoms with van der Waals surface area (Å²) >= 11 is 3.04. The van der Waals surface area contributed by atoms with Crippen molar-refractivity contribution in [1.82, 2.24) is 4.72 Å². The van der Waals surface area contributed by atoms with Crippen LogP contribution < -0.4 is 4.72 Å². The van der Waals surface area contributed by atoms with Gasteiger partial charge in [-0.3, -0.25) is 10.1 Å². The fraction of sp³-hybridized carbons (Fsp3) is 0.250. The van der Waals surface area contributed by atoms with E-state index in [9.17, 15) is 18.5 Å². The van der Waals surface area contributed by atoms with Crippen LogP contribution in [0.4, 0.5) is 5.69 Å². The summed E-state index contributed by atoms with van der Waals surface area (Å²) in [4.78, 5) is 9.48. The van der Waals surface area contributed by atoms with Gasteiger partial charge in [-0.2, -0.15) is 0 Å². The number of nitrogens with one attached hydrogen (secondary N) is 1. The minimum Gasteiger partial charge on any atom is -0.395 e. The van der Waals surface area contributed by atoms with Gasteiger partial charge in [0.05, 0.1) is 11.5 Å². The number of nitro groups is 1. The van der Waals surface area contributed by atoms with Gasteiger partial charge in [-0.1, -0.05) is 15.9 Å². The molecule has 0 bridgehead atoms. The van der Waals surface area contributed by atoms with Crippen molar-refractivity contribution in [3.05, 3.63) is 32.8 Å². The van der Waals surface area contributed by atoms with Gasteiger partial charge in [0.1, 0.15) is 0 Å². The largest absolute Gasteiger partial charge is 0.395 e. The highest BCUT2D eigenvalue weighted by Gasteiger charge is 2.25. The van der Waals surface area contributed by atoms with Crippen LogP contribution >= 0.6 is 15.9 Å². The summed E-state index contributed by atoms with van der Waals surface area (Å²) < 4.78 is 25.9. The maximum Gasteiger partial charge on any atom is 0.289 e. The summed E-state index contributed by atoms with van der Waals surface area (Å²) in [5.41, 5.74) is -0.515. The fourth-order valence-corrected chi connectivity index (χ4v) is 2.84. The Bertz CT molecular complexity index is 531. The second-order valence-electron chi connectivity index (χ2n) is 2.99. The molecule has 1 aromatic carbocycles. The van der Waals surface area contributed by atoms with Crippen molar-refractivity contribution in [1.29, 1.82) is 0 Å². The first kappa shape index (κ1) is 14.0. The van der Waals surface area contributed by atoms with Crippen molar-refractivity contribution < 1.29 is 18.4 Å². The molecule has 0 aromatic heterocycles. The molecule has 0 unspecified atom stereocenters. The van der Waals surface area contributed by atoms with E-state index in [-0.39, 0.29) is 13.2 Å². The molecule has 0 spiro atoms. The lowest BCUT2D eigenvalue weighted by atomic mass is 10.3. The van der Waals surface area contributed by atoms with E-state index in [0.717, 1.165) is 12.1 Å². The van der Waals surface area contributed by atoms with Gasteiger partial charge in [0, 0.05) is 17.1 Å². The number of benzene rings is 1. The SMILES string of the molecule is O=[N+]([O-])c1ccc(Br)cc1S(=O)(=O)NCCO. The summed E-state index contributed by atoms with van der Waals surface area (Å²) in [5, 5.41) is 19.2. The number of nitrogens with zero attached hydrogens (tertiary/aromatic N) is 1. The zero-order chi connectivity index (χ0) is 13.1. The van der Waals surface area contributed by atoms with Gasteiger partial charge in [0.15, 0.2) is 4.90 Å². The lowest BCUT2D eigenvalue weighted by Gasteiger charge is -2.06. The summed E-state index contributed by atoms with van der Waals surface area (Å²) in [6, 6.07) is 3.61. The van der Waals surface area contributed by atoms with Crippen molar-refractivity contribution in [3.63, 3.8) is 0 Å². The maximum absolute atomic E-state index is 11.7. The lowest BCUT2D eigenvalue weighted by Crippen LogP contribution is -2.27. The Morgan fingerprint density at radius 1 is 1.47 bits per heavy atom. The zero-order valence-corrected chi connectivity index (χ0v) is 10.9. The topological polar surface area (TPSA) is 110 Å². The van der Waals surface area contributed by atoms with E-state index < -0.39 is 25.5 Å². The van der Waals surface area contributed by atoms with Gasteiger partial charge >= 0.3 is 0 Å². The summed E-state index contributed by atoms with van der Waals surface area (Å²) in [6.45, 7) is -0.590. The van der Waals surface area contributed by atoms with Crippen molar-refractivity contribution in [2.45, 2.75) is 4.90 Å². The molecule has 94 valence electrons. The molecule has 2 N–H and O–H groups in total. The Hall–Kier alpha value is -1.03. The summed E-state index contributed by atoms with van der Waals surface area (Å²) in [5.74, 6) is 0. The third kappa shape index (κ3) is 3.46. The first-order chi connectivity index (χ1) is 7.88. The van der Waals surface area contributed by atoms with Crippen molar-refractivity contribution in [3.8, 4) is 0 Å². The Labute approximate surface area is 106 Å². The van der Waals surface area contributed by atoms with Crippen LogP contribution in [0.3, 0.4) is 0 Å². The third-order valence-electron chi connectivity index (χ3n) is 1.81. The standard InChI is InChI=1S/C8H9BrN2O5S/c9-6-1-2-7(11(13)14)8(5-6)17(15,16)10-3-4-12/h1-2,5,10,12H,3-4H2. The predicted octanol–water partition coefficient (Wildman–Crippen LogP) is 0.628. The van der Waals surface area contributed by atoms with Gasteiger partial charge in [-0.15, -0.1) is 0 Å². The number of hydrogen-bond acceptors (Lipinski definition) is 5. The maximum atomic E-state index is 11.7. The molecule has 7 nitrogen and oxygen atoms in total. The first-order valence-electron chi connectivity index (χ1n) is 4.43. The smallest absolute Gasteiger partial charge is 0.289 e. The van der Waals surface area contributed by atoms with Crippen LogP contribution in [0, 0.1) is 10.1 Å². The summed E-state index contributed by atoms with van der Waals surface area (Å²) in [7, 11) is -4.00. The molecule has 0 amide bonds. The second kappa shape index (κ2) is 5.54. The molecule has 0 aliphatic carbocycles. The number of nitro benzene ring substituents is 1. The monoisotopic (exact) mass is 324 g/mol. The molecule has 0 atom stereocenters. The average molecular weight is 325 g/mol. The number of hydrogen-bond donors (Lipinski definition) is 2. The third-order valence-corrected chi connectivity index (χ3v) is 3.80. The Morgan fingerprint density at radius 2 is 2.12 bits per heavy atom. The Kier molecular flexibility index (Phi) is 4.57. The van der Waals surface area contributed by atoms with Crippen molar-refractivity contribution in [2.24, 2.45) is 0 Å². The number of aliphatic hydroxyl groups excluding tert-OH is 1. The molecule has 0 aliphatic rings. The lowest BCUT2D eigenvalue weighted by molar-refractivity contribution is -0.387. The molecule has 0 saturated heterocycles. The quantitative estimate of drug-likeness (QED) is 0.609. The van der Waals surface area contributed by atoms with Gasteiger partial charge in [-0.05, 0) is 12.1 Å². The van der Waals surface area contributed by atoms with Gasteiger partial charge < -0.3 is 5.11 Å². The van der Waals surface area contributed by atoms with Gasteiger partial charge in [0.25, 0.3) is 5.69 Å². The van der Waals surface area contributed by atoms with Crippen LogP contribution in [-0.4, -0.2) is 31.6 Å². The van der Waals surface area contributed by atoms with Crippen LogP contribution in [0.2, 0.25) is 0 Å². The predicted molar refractivity (Wildman–Crippen MR) is 63.1 cm³/mol. The van der Waals surface area contributed by atoms with Crippen LogP contribution in [0.5, 0.6) is 0 Å². The van der Waals surface area contributed by atoms with E-state index in [1.54, 1.807) is 0 Å². The van der Waals surface area contributed by atoms with Crippen molar-refractivity contribution in [2.75, 3.05) is 13.2 Å². The van der Waals surface area contributed by atoms with E-state index in [1.807, 2.05) is 4.72 Å². The molecular weight excluding hydrogens is 316 g/mol. The Morgan fingerprint density at radius 3 is 2.65 bits per heavy atom.